The summed E-state index contributed by atoms with van der Waals surface area (Å²) in [6.07, 6.45) is 4.11. The summed E-state index contributed by atoms with van der Waals surface area (Å²) in [6.45, 7) is 6.55. The molecule has 1 aliphatic heterocycles. The average molecular weight is 228 g/mol. The molecule has 0 aromatic carbocycles. The Balaban J connectivity index is 2.06. The summed E-state index contributed by atoms with van der Waals surface area (Å²) in [4.78, 5) is 13.4. The van der Waals surface area contributed by atoms with Gasteiger partial charge in [-0.1, -0.05) is 6.92 Å². The average Bonchev–Trinajstić information content (AvgIpc) is 2.31. The maximum atomic E-state index is 10.9. The van der Waals surface area contributed by atoms with Crippen molar-refractivity contribution in [1.82, 2.24) is 10.2 Å². The standard InChI is InChI=1S/C12H24N2O2/c1-3-8-14-9-5-11(6-10-14)13-7-4-12(15)16-2/h11,13H,3-10H2,1-2H3. The Labute approximate surface area is 98.3 Å². The Morgan fingerprint density at radius 2 is 2.12 bits per heavy atom. The minimum atomic E-state index is -0.129. The largest absolute Gasteiger partial charge is 0.469 e. The van der Waals surface area contributed by atoms with Gasteiger partial charge in [0.15, 0.2) is 0 Å². The fraction of sp³-hybridized carbons (Fsp3) is 0.917. The van der Waals surface area contributed by atoms with E-state index in [0.29, 0.717) is 12.5 Å². The van der Waals surface area contributed by atoms with Crippen LogP contribution in [0.3, 0.4) is 0 Å². The van der Waals surface area contributed by atoms with Crippen LogP contribution in [0.5, 0.6) is 0 Å². The third-order valence-electron chi connectivity index (χ3n) is 3.12. The second-order valence-corrected chi connectivity index (χ2v) is 4.40. The highest BCUT2D eigenvalue weighted by Crippen LogP contribution is 2.10. The first-order valence-electron chi connectivity index (χ1n) is 6.28. The van der Waals surface area contributed by atoms with Crippen molar-refractivity contribution >= 4 is 5.97 Å². The molecule has 1 rings (SSSR count). The summed E-state index contributed by atoms with van der Waals surface area (Å²) in [5.74, 6) is -0.129. The van der Waals surface area contributed by atoms with Gasteiger partial charge in [-0.2, -0.15) is 0 Å². The van der Waals surface area contributed by atoms with Crippen LogP contribution in [0.2, 0.25) is 0 Å². The zero-order valence-corrected chi connectivity index (χ0v) is 10.5. The van der Waals surface area contributed by atoms with Crippen molar-refractivity contribution in [3.63, 3.8) is 0 Å². The Hall–Kier alpha value is -0.610. The predicted octanol–water partition coefficient (Wildman–Crippen LogP) is 1.01. The number of piperidine rings is 1. The molecule has 4 nitrogen and oxygen atoms in total. The van der Waals surface area contributed by atoms with Crippen molar-refractivity contribution in [3.8, 4) is 0 Å². The third-order valence-corrected chi connectivity index (χ3v) is 3.12. The number of nitrogens with one attached hydrogen (secondary N) is 1. The molecular weight excluding hydrogens is 204 g/mol. The van der Waals surface area contributed by atoms with E-state index in [1.54, 1.807) is 0 Å². The van der Waals surface area contributed by atoms with Gasteiger partial charge < -0.3 is 15.0 Å². The highest BCUT2D eigenvalue weighted by atomic mass is 16.5. The first-order valence-corrected chi connectivity index (χ1v) is 6.28. The number of likely N-dealkylation sites (tertiary alicyclic amines) is 1. The maximum absolute atomic E-state index is 10.9. The first-order chi connectivity index (χ1) is 7.76. The molecule has 1 heterocycles. The summed E-state index contributed by atoms with van der Waals surface area (Å²) >= 11 is 0. The molecule has 0 spiro atoms. The Morgan fingerprint density at radius 3 is 2.69 bits per heavy atom. The number of nitrogens with zero attached hydrogens (tertiary/aromatic N) is 1. The van der Waals surface area contributed by atoms with E-state index < -0.39 is 0 Å². The van der Waals surface area contributed by atoms with Crippen LogP contribution in [0, 0.1) is 0 Å². The lowest BCUT2D eigenvalue weighted by Crippen LogP contribution is -2.43. The first kappa shape index (κ1) is 13.5. The molecule has 0 aromatic heterocycles. The molecule has 1 fully saturated rings. The smallest absolute Gasteiger partial charge is 0.306 e. The van der Waals surface area contributed by atoms with Gasteiger partial charge >= 0.3 is 5.97 Å². The SMILES string of the molecule is CCCN1CCC(NCCC(=O)OC)CC1. The molecule has 0 bridgehead atoms. The second kappa shape index (κ2) is 7.63. The summed E-state index contributed by atoms with van der Waals surface area (Å²) in [6, 6.07) is 0.581. The number of ether oxygens (including phenoxy) is 1. The second-order valence-electron chi connectivity index (χ2n) is 4.40. The van der Waals surface area contributed by atoms with Crippen LogP contribution >= 0.6 is 0 Å². The van der Waals surface area contributed by atoms with Crippen LogP contribution in [0.4, 0.5) is 0 Å². The zero-order chi connectivity index (χ0) is 11.8. The van der Waals surface area contributed by atoms with Crippen molar-refractivity contribution in [1.29, 1.82) is 0 Å². The molecule has 94 valence electrons. The van der Waals surface area contributed by atoms with Gasteiger partial charge in [-0.05, 0) is 38.9 Å². The van der Waals surface area contributed by atoms with Gasteiger partial charge in [-0.25, -0.2) is 0 Å². The monoisotopic (exact) mass is 228 g/mol. The van der Waals surface area contributed by atoms with Crippen molar-refractivity contribution < 1.29 is 9.53 Å². The molecular formula is C12H24N2O2. The fourth-order valence-electron chi connectivity index (χ4n) is 2.16. The van der Waals surface area contributed by atoms with E-state index in [1.807, 2.05) is 0 Å². The molecule has 0 radical (unpaired) electrons. The van der Waals surface area contributed by atoms with E-state index in [9.17, 15) is 4.79 Å². The highest BCUT2D eigenvalue weighted by molar-refractivity contribution is 5.69. The Kier molecular flexibility index (Phi) is 6.42. The van der Waals surface area contributed by atoms with E-state index >= 15 is 0 Å². The van der Waals surface area contributed by atoms with Crippen LogP contribution in [-0.4, -0.2) is 50.2 Å². The normalized spacial score (nSPS) is 18.6. The molecule has 0 amide bonds. The van der Waals surface area contributed by atoms with E-state index in [2.05, 4.69) is 21.9 Å². The van der Waals surface area contributed by atoms with Gasteiger partial charge in [0.25, 0.3) is 0 Å². The Bertz CT molecular complexity index is 201. The topological polar surface area (TPSA) is 41.6 Å². The van der Waals surface area contributed by atoms with Crippen molar-refractivity contribution in [2.24, 2.45) is 0 Å². The van der Waals surface area contributed by atoms with Crippen LogP contribution in [-0.2, 0) is 9.53 Å². The minimum Gasteiger partial charge on any atom is -0.469 e. The predicted molar refractivity (Wildman–Crippen MR) is 64.4 cm³/mol. The summed E-state index contributed by atoms with van der Waals surface area (Å²) in [5, 5.41) is 3.42. The molecule has 1 saturated heterocycles. The van der Waals surface area contributed by atoms with Gasteiger partial charge in [-0.3, -0.25) is 4.79 Å². The lowest BCUT2D eigenvalue weighted by molar-refractivity contribution is -0.140. The minimum absolute atomic E-state index is 0.129. The Morgan fingerprint density at radius 1 is 1.44 bits per heavy atom. The van der Waals surface area contributed by atoms with Crippen LogP contribution in [0.25, 0.3) is 0 Å². The zero-order valence-electron chi connectivity index (χ0n) is 10.5. The molecule has 0 saturated carbocycles. The number of hydrogen-bond donors (Lipinski definition) is 1. The lowest BCUT2D eigenvalue weighted by atomic mass is 10.0. The summed E-state index contributed by atoms with van der Waals surface area (Å²) < 4.78 is 4.60. The van der Waals surface area contributed by atoms with Gasteiger partial charge in [0, 0.05) is 12.6 Å². The van der Waals surface area contributed by atoms with E-state index in [0.717, 1.165) is 6.54 Å². The van der Waals surface area contributed by atoms with Crippen LogP contribution in [0.15, 0.2) is 0 Å². The molecule has 4 heteroatoms. The van der Waals surface area contributed by atoms with Crippen LogP contribution < -0.4 is 5.32 Å². The molecule has 0 atom stereocenters. The molecule has 0 aliphatic carbocycles. The summed E-state index contributed by atoms with van der Waals surface area (Å²) in [5.41, 5.74) is 0. The molecule has 1 aliphatic rings. The van der Waals surface area contributed by atoms with Crippen molar-refractivity contribution in [3.05, 3.63) is 0 Å². The molecule has 0 aromatic rings. The van der Waals surface area contributed by atoms with Crippen molar-refractivity contribution in [2.75, 3.05) is 33.3 Å². The van der Waals surface area contributed by atoms with Gasteiger partial charge in [0.1, 0.15) is 0 Å². The number of carbonyl (C=O) groups is 1. The van der Waals surface area contributed by atoms with Gasteiger partial charge in [0.2, 0.25) is 0 Å². The fourth-order valence-corrected chi connectivity index (χ4v) is 2.16. The van der Waals surface area contributed by atoms with Gasteiger partial charge in [-0.15, -0.1) is 0 Å². The lowest BCUT2D eigenvalue weighted by Gasteiger charge is -2.32. The van der Waals surface area contributed by atoms with Crippen LogP contribution in [0.1, 0.15) is 32.6 Å². The quantitative estimate of drug-likeness (QED) is 0.689. The van der Waals surface area contributed by atoms with E-state index in [1.165, 1.54) is 46.0 Å². The molecule has 1 N–H and O–H groups in total. The third kappa shape index (κ3) is 4.94. The maximum Gasteiger partial charge on any atom is 0.306 e. The number of esters is 1. The van der Waals surface area contributed by atoms with E-state index in [-0.39, 0.29) is 5.97 Å². The summed E-state index contributed by atoms with van der Waals surface area (Å²) in [7, 11) is 1.44. The van der Waals surface area contributed by atoms with Crippen molar-refractivity contribution in [2.45, 2.75) is 38.6 Å². The number of rotatable bonds is 6. The molecule has 0 unspecified atom stereocenters. The van der Waals surface area contributed by atoms with E-state index in [4.69, 9.17) is 0 Å². The number of hydrogen-bond acceptors (Lipinski definition) is 4. The number of methoxy groups -OCH3 is 1. The van der Waals surface area contributed by atoms with Gasteiger partial charge in [0.05, 0.1) is 13.5 Å². The molecule has 16 heavy (non-hydrogen) atoms. The number of carbonyl (C=O) groups excluding carboxylic acids is 1. The highest BCUT2D eigenvalue weighted by Gasteiger charge is 2.17.